The first kappa shape index (κ1) is 9.79. The van der Waals surface area contributed by atoms with Gasteiger partial charge in [0.1, 0.15) is 5.82 Å². The number of nitrogens with zero attached hydrogens (tertiary/aromatic N) is 2. The van der Waals surface area contributed by atoms with Crippen LogP contribution in [-0.2, 0) is 6.50 Å². The molecule has 3 rings (SSSR count). The molecule has 2 heteroatoms. The normalized spacial score (nSPS) is 13.6. The number of fused-ring (bicyclic) bond motifs is 1. The highest BCUT2D eigenvalue weighted by atomic mass is 15.1. The maximum atomic E-state index is 8.50. The van der Waals surface area contributed by atoms with Gasteiger partial charge in [0.05, 0.1) is 13.8 Å². The third-order valence-electron chi connectivity index (χ3n) is 2.98. The third kappa shape index (κ3) is 2.26. The van der Waals surface area contributed by atoms with Gasteiger partial charge in [0, 0.05) is 12.1 Å². The van der Waals surface area contributed by atoms with E-state index < -0.39 is 6.50 Å². The summed E-state index contributed by atoms with van der Waals surface area (Å²) in [5, 5.41) is 0. The van der Waals surface area contributed by atoms with Crippen LogP contribution in [-0.4, -0.2) is 9.55 Å². The van der Waals surface area contributed by atoms with Gasteiger partial charge in [-0.3, -0.25) is 0 Å². The van der Waals surface area contributed by atoms with Crippen molar-refractivity contribution in [1.29, 1.82) is 0 Å². The van der Waals surface area contributed by atoms with E-state index in [2.05, 4.69) is 4.98 Å². The molecule has 0 aliphatic heterocycles. The first-order valence-electron chi connectivity index (χ1n) is 7.55. The summed E-state index contributed by atoms with van der Waals surface area (Å²) in [6.45, 7) is 2.29. The Kier molecular flexibility index (Phi) is 2.52. The average molecular weight is 252 g/mol. The minimum absolute atomic E-state index is 0.155. The summed E-state index contributed by atoms with van der Waals surface area (Å²) in [7, 11) is 0. The molecule has 0 spiro atoms. The largest absolute Gasteiger partial charge is 0.324 e. The number of hydrogen-bond acceptors (Lipinski definition) is 1. The Morgan fingerprint density at radius 2 is 1.74 bits per heavy atom. The zero-order valence-electron chi connectivity index (χ0n) is 13.2. The highest BCUT2D eigenvalue weighted by Crippen LogP contribution is 2.25. The maximum Gasteiger partial charge on any atom is 0.141 e. The van der Waals surface area contributed by atoms with Gasteiger partial charge in [0.25, 0.3) is 0 Å². The summed E-state index contributed by atoms with van der Waals surface area (Å²) in [5.41, 5.74) is 2.58. The standard InChI is InChI=1S/C17H18N2/c1-13(2)12-19-16-11-7-6-10-15(16)18-17(19)14-8-4-3-5-9-14/h3-11,13H,12H2,1-2H3/i12D2. The molecule has 1 aromatic heterocycles. The molecule has 19 heavy (non-hydrogen) atoms. The minimum atomic E-state index is -1.50. The Morgan fingerprint density at radius 1 is 1.05 bits per heavy atom. The maximum absolute atomic E-state index is 8.50. The van der Waals surface area contributed by atoms with E-state index in [4.69, 9.17) is 2.74 Å². The molecule has 96 valence electrons. The van der Waals surface area contributed by atoms with E-state index >= 15 is 0 Å². The number of hydrogen-bond donors (Lipinski definition) is 0. The lowest BCUT2D eigenvalue weighted by Crippen LogP contribution is -2.06. The molecule has 0 radical (unpaired) electrons. The zero-order chi connectivity index (χ0) is 15.0. The van der Waals surface area contributed by atoms with Gasteiger partial charge in [-0.05, 0) is 18.1 Å². The summed E-state index contributed by atoms with van der Waals surface area (Å²) < 4.78 is 18.7. The van der Waals surface area contributed by atoms with Crippen molar-refractivity contribution in [2.75, 3.05) is 0 Å². The van der Waals surface area contributed by atoms with Crippen molar-refractivity contribution in [2.45, 2.75) is 20.3 Å². The quantitative estimate of drug-likeness (QED) is 0.677. The molecular formula is C17H18N2. The second-order valence-corrected chi connectivity index (χ2v) is 4.91. The second kappa shape index (κ2) is 4.88. The van der Waals surface area contributed by atoms with Crippen molar-refractivity contribution >= 4 is 11.0 Å². The Bertz CT molecular complexity index is 761. The predicted molar refractivity (Wildman–Crippen MR) is 80.0 cm³/mol. The van der Waals surface area contributed by atoms with Gasteiger partial charge in [-0.15, -0.1) is 0 Å². The van der Waals surface area contributed by atoms with Gasteiger partial charge in [0.15, 0.2) is 0 Å². The molecule has 0 N–H and O–H groups in total. The monoisotopic (exact) mass is 252 g/mol. The molecule has 0 bridgehead atoms. The van der Waals surface area contributed by atoms with Gasteiger partial charge in [-0.25, -0.2) is 4.98 Å². The first-order valence-corrected chi connectivity index (χ1v) is 6.55. The fourth-order valence-electron chi connectivity index (χ4n) is 2.20. The van der Waals surface area contributed by atoms with Crippen molar-refractivity contribution in [3.8, 4) is 11.4 Å². The highest BCUT2D eigenvalue weighted by Gasteiger charge is 2.12. The lowest BCUT2D eigenvalue weighted by molar-refractivity contribution is 0.536. The Labute approximate surface area is 116 Å². The lowest BCUT2D eigenvalue weighted by Gasteiger charge is -2.11. The van der Waals surface area contributed by atoms with Gasteiger partial charge in [0.2, 0.25) is 0 Å². The van der Waals surface area contributed by atoms with E-state index in [0.717, 1.165) is 16.6 Å². The van der Waals surface area contributed by atoms with Crippen LogP contribution in [0.2, 0.25) is 0 Å². The molecule has 0 saturated heterocycles. The van der Waals surface area contributed by atoms with Crippen molar-refractivity contribution < 1.29 is 2.74 Å². The SMILES string of the molecule is [2H]C([2H])(C(C)C)n1c(-c2ccccc2)nc2ccccc21. The van der Waals surface area contributed by atoms with Crippen molar-refractivity contribution in [2.24, 2.45) is 5.92 Å². The summed E-state index contributed by atoms with van der Waals surface area (Å²) in [6, 6.07) is 17.5. The molecule has 2 aromatic carbocycles. The molecule has 0 unspecified atom stereocenters. The molecule has 0 aliphatic rings. The van der Waals surface area contributed by atoms with Gasteiger partial charge in [-0.1, -0.05) is 56.3 Å². The summed E-state index contributed by atoms with van der Waals surface area (Å²) in [6.07, 6.45) is 0. The molecule has 1 heterocycles. The lowest BCUT2D eigenvalue weighted by atomic mass is 10.2. The van der Waals surface area contributed by atoms with Crippen LogP contribution in [0.3, 0.4) is 0 Å². The molecule has 0 atom stereocenters. The van der Waals surface area contributed by atoms with Crippen molar-refractivity contribution in [3.05, 3.63) is 54.6 Å². The van der Waals surface area contributed by atoms with Crippen molar-refractivity contribution in [3.63, 3.8) is 0 Å². The van der Waals surface area contributed by atoms with E-state index in [1.54, 1.807) is 4.57 Å². The Morgan fingerprint density at radius 3 is 2.47 bits per heavy atom. The summed E-state index contributed by atoms with van der Waals surface area (Å²) >= 11 is 0. The first-order chi connectivity index (χ1) is 10.0. The zero-order valence-corrected chi connectivity index (χ0v) is 11.2. The van der Waals surface area contributed by atoms with E-state index in [1.165, 1.54) is 0 Å². The van der Waals surface area contributed by atoms with Crippen LogP contribution >= 0.6 is 0 Å². The number of imidazole rings is 1. The molecule has 0 aliphatic carbocycles. The van der Waals surface area contributed by atoms with Gasteiger partial charge < -0.3 is 4.57 Å². The second-order valence-electron chi connectivity index (χ2n) is 4.91. The number of para-hydroxylation sites is 2. The van der Waals surface area contributed by atoms with Gasteiger partial charge in [-0.2, -0.15) is 0 Å². The van der Waals surface area contributed by atoms with Crippen LogP contribution in [0.25, 0.3) is 22.4 Å². The smallest absolute Gasteiger partial charge is 0.141 e. The van der Waals surface area contributed by atoms with E-state index in [1.807, 2.05) is 68.4 Å². The summed E-state index contributed by atoms with van der Waals surface area (Å²) in [4.78, 5) is 4.65. The molecule has 2 nitrogen and oxygen atoms in total. The van der Waals surface area contributed by atoms with Crippen LogP contribution < -0.4 is 0 Å². The number of aromatic nitrogens is 2. The van der Waals surface area contributed by atoms with E-state index in [9.17, 15) is 0 Å². The van der Waals surface area contributed by atoms with Crippen LogP contribution in [0.1, 0.15) is 16.6 Å². The van der Waals surface area contributed by atoms with Crippen molar-refractivity contribution in [1.82, 2.24) is 9.55 Å². The molecular weight excluding hydrogens is 232 g/mol. The van der Waals surface area contributed by atoms with E-state index in [-0.39, 0.29) is 5.92 Å². The highest BCUT2D eigenvalue weighted by molar-refractivity contribution is 5.80. The van der Waals surface area contributed by atoms with Crippen LogP contribution in [0.5, 0.6) is 0 Å². The Hall–Kier alpha value is -2.09. The molecule has 0 fully saturated rings. The minimum Gasteiger partial charge on any atom is -0.324 e. The van der Waals surface area contributed by atoms with E-state index in [0.29, 0.717) is 5.82 Å². The predicted octanol–water partition coefficient (Wildman–Crippen LogP) is 4.36. The summed E-state index contributed by atoms with van der Waals surface area (Å²) in [5.74, 6) is 0.521. The molecule has 0 amide bonds. The average Bonchev–Trinajstić information content (AvgIpc) is 2.88. The Balaban J connectivity index is 2.35. The fraction of sp³-hybridized carbons (Fsp3) is 0.235. The topological polar surface area (TPSA) is 17.8 Å². The van der Waals surface area contributed by atoms with Crippen LogP contribution in [0.4, 0.5) is 0 Å². The van der Waals surface area contributed by atoms with Crippen LogP contribution in [0.15, 0.2) is 54.6 Å². The third-order valence-corrected chi connectivity index (χ3v) is 2.98. The number of rotatable bonds is 3. The van der Waals surface area contributed by atoms with Crippen LogP contribution in [0, 0.1) is 5.92 Å². The molecule has 3 aromatic rings. The van der Waals surface area contributed by atoms with Gasteiger partial charge >= 0.3 is 0 Å². The molecule has 0 saturated carbocycles. The number of benzene rings is 2. The fourth-order valence-corrected chi connectivity index (χ4v) is 2.20.